The predicted octanol–water partition coefficient (Wildman–Crippen LogP) is 6.21. The van der Waals surface area contributed by atoms with Crippen LogP contribution < -0.4 is 4.74 Å². The molecule has 0 aromatic heterocycles. The van der Waals surface area contributed by atoms with Gasteiger partial charge in [0.05, 0.1) is 12.3 Å². The largest absolute Gasteiger partial charge is 0.494 e. The Morgan fingerprint density at radius 1 is 1.12 bits per heavy atom. The van der Waals surface area contributed by atoms with Gasteiger partial charge in [0.25, 0.3) is 0 Å². The van der Waals surface area contributed by atoms with Gasteiger partial charge >= 0.3 is 0 Å². The first-order chi connectivity index (χ1) is 12.4. The number of fused-ring (bicyclic) bond motifs is 1. The van der Waals surface area contributed by atoms with Crippen molar-refractivity contribution >= 4 is 23.4 Å². The molecule has 0 aliphatic carbocycles. The zero-order chi connectivity index (χ0) is 18.6. The van der Waals surface area contributed by atoms with Gasteiger partial charge in [0, 0.05) is 17.1 Å². The molecule has 2 aromatic rings. The average molecular weight is 368 g/mol. The molecule has 26 heavy (non-hydrogen) atoms. The molecule has 0 amide bonds. The normalized spacial score (nSPS) is 14.2. The summed E-state index contributed by atoms with van der Waals surface area (Å²) in [5.74, 6) is 0.948. The maximum absolute atomic E-state index is 6.24. The van der Waals surface area contributed by atoms with Crippen molar-refractivity contribution in [3.8, 4) is 5.75 Å². The topological polar surface area (TPSA) is 21.6 Å². The highest BCUT2D eigenvalue weighted by Crippen LogP contribution is 2.25. The van der Waals surface area contributed by atoms with Crippen LogP contribution in [0.4, 0.5) is 0 Å². The van der Waals surface area contributed by atoms with Gasteiger partial charge in [0.1, 0.15) is 5.75 Å². The Balaban J connectivity index is 1.73. The second-order valence-corrected chi connectivity index (χ2v) is 8.26. The Bertz CT molecular complexity index is 830. The van der Waals surface area contributed by atoms with E-state index in [0.29, 0.717) is 0 Å². The van der Waals surface area contributed by atoms with Crippen molar-refractivity contribution in [3.63, 3.8) is 0 Å². The van der Waals surface area contributed by atoms with E-state index in [1.165, 1.54) is 11.1 Å². The molecule has 1 heterocycles. The summed E-state index contributed by atoms with van der Waals surface area (Å²) in [5, 5.41) is 0.753. The van der Waals surface area contributed by atoms with Gasteiger partial charge in [-0.1, -0.05) is 56.6 Å². The number of allylic oxidation sites excluding steroid dienone is 1. The predicted molar refractivity (Wildman–Crippen MR) is 112 cm³/mol. The Morgan fingerprint density at radius 3 is 2.69 bits per heavy atom. The second-order valence-electron chi connectivity index (χ2n) is 7.85. The third kappa shape index (κ3) is 4.98. The first-order valence-electron chi connectivity index (χ1n) is 9.15. The van der Waals surface area contributed by atoms with Gasteiger partial charge in [-0.2, -0.15) is 0 Å². The van der Waals surface area contributed by atoms with Crippen molar-refractivity contribution in [1.29, 1.82) is 0 Å². The molecule has 0 atom stereocenters. The van der Waals surface area contributed by atoms with Gasteiger partial charge in [-0.15, -0.1) is 0 Å². The van der Waals surface area contributed by atoms with Crippen LogP contribution in [0.2, 0.25) is 5.02 Å². The molecule has 0 saturated heterocycles. The number of benzene rings is 2. The Kier molecular flexibility index (Phi) is 5.83. The molecule has 3 rings (SSSR count). The van der Waals surface area contributed by atoms with Gasteiger partial charge in [0.15, 0.2) is 0 Å². The molecule has 0 fully saturated rings. The molecule has 1 aliphatic heterocycles. The number of aliphatic imine (C=N–C) groups is 1. The second kappa shape index (κ2) is 8.09. The van der Waals surface area contributed by atoms with Gasteiger partial charge in [0.2, 0.25) is 0 Å². The number of nitrogens with zero attached hydrogens (tertiary/aromatic N) is 1. The molecule has 0 unspecified atom stereocenters. The zero-order valence-electron chi connectivity index (χ0n) is 15.8. The van der Waals surface area contributed by atoms with Crippen LogP contribution >= 0.6 is 11.6 Å². The quantitative estimate of drug-likeness (QED) is 0.615. The van der Waals surface area contributed by atoms with E-state index in [1.54, 1.807) is 0 Å². The lowest BCUT2D eigenvalue weighted by atomic mass is 9.93. The first kappa shape index (κ1) is 18.7. The molecule has 3 heteroatoms. The van der Waals surface area contributed by atoms with Crippen molar-refractivity contribution in [1.82, 2.24) is 0 Å². The van der Waals surface area contributed by atoms with Crippen molar-refractivity contribution < 1.29 is 4.74 Å². The van der Waals surface area contributed by atoms with Gasteiger partial charge in [-0.05, 0) is 59.7 Å². The monoisotopic (exact) mass is 367 g/mol. The number of ether oxygens (including phenoxy) is 1. The van der Waals surface area contributed by atoms with E-state index in [0.717, 1.165) is 48.0 Å². The lowest BCUT2D eigenvalue weighted by Gasteiger charge is -2.19. The maximum Gasteiger partial charge on any atom is 0.119 e. The number of hydrogen-bond acceptors (Lipinski definition) is 2. The minimum absolute atomic E-state index is 0.289. The van der Waals surface area contributed by atoms with E-state index in [9.17, 15) is 0 Å². The van der Waals surface area contributed by atoms with Crippen LogP contribution in [0.1, 0.15) is 43.9 Å². The molecule has 2 aromatic carbocycles. The molecule has 0 N–H and O–H groups in total. The third-order valence-electron chi connectivity index (χ3n) is 4.46. The molecule has 0 radical (unpaired) electrons. The molecule has 0 saturated carbocycles. The molecule has 2 nitrogen and oxygen atoms in total. The molecular weight excluding hydrogens is 342 g/mol. The van der Waals surface area contributed by atoms with Crippen LogP contribution in [0.15, 0.2) is 53.5 Å². The van der Waals surface area contributed by atoms with Crippen molar-refractivity contribution in [2.75, 3.05) is 13.2 Å². The third-order valence-corrected chi connectivity index (χ3v) is 4.81. The maximum atomic E-state index is 6.24. The number of rotatable bonds is 5. The summed E-state index contributed by atoms with van der Waals surface area (Å²) < 4.78 is 5.95. The average Bonchev–Trinajstić information content (AvgIpc) is 2.60. The smallest absolute Gasteiger partial charge is 0.119 e. The van der Waals surface area contributed by atoms with Crippen LogP contribution in [0, 0.1) is 5.41 Å². The zero-order valence-corrected chi connectivity index (χ0v) is 16.5. The summed E-state index contributed by atoms with van der Waals surface area (Å²) in [4.78, 5) is 4.69. The van der Waals surface area contributed by atoms with Crippen LogP contribution in [0.5, 0.6) is 5.75 Å². The van der Waals surface area contributed by atoms with E-state index < -0.39 is 0 Å². The molecule has 0 spiro atoms. The molecule has 0 bridgehead atoms. The summed E-state index contributed by atoms with van der Waals surface area (Å²) in [6, 6.07) is 14.2. The fourth-order valence-electron chi connectivity index (χ4n) is 2.90. The summed E-state index contributed by atoms with van der Waals surface area (Å²) >= 11 is 6.24. The Morgan fingerprint density at radius 2 is 1.92 bits per heavy atom. The number of halogens is 1. The highest BCUT2D eigenvalue weighted by Gasteiger charge is 2.14. The first-order valence-corrected chi connectivity index (χ1v) is 9.53. The van der Waals surface area contributed by atoms with Crippen LogP contribution in [-0.4, -0.2) is 18.9 Å². The van der Waals surface area contributed by atoms with E-state index in [4.69, 9.17) is 16.3 Å². The standard InChI is InChI=1S/C23H26ClNO/c1-23(2,3)13-15-26-19-9-10-20-18(16-19)12-14-25-22(20)11-8-17-6-4-5-7-21(17)24/h4-11,16H,12-15H2,1-3H3/b11-8+. The SMILES string of the molecule is CC(C)(C)CCOc1ccc2c(c1)CCN=C2/C=C/c1ccccc1Cl. The Labute approximate surface area is 161 Å². The fourth-order valence-corrected chi connectivity index (χ4v) is 3.09. The summed E-state index contributed by atoms with van der Waals surface area (Å²) in [6.07, 6.45) is 6.08. The van der Waals surface area contributed by atoms with E-state index in [2.05, 4.69) is 44.0 Å². The van der Waals surface area contributed by atoms with E-state index in [1.807, 2.05) is 36.4 Å². The van der Waals surface area contributed by atoms with Crippen LogP contribution in [-0.2, 0) is 6.42 Å². The van der Waals surface area contributed by atoms with Crippen molar-refractivity contribution in [2.24, 2.45) is 10.4 Å². The highest BCUT2D eigenvalue weighted by molar-refractivity contribution is 6.32. The summed E-state index contributed by atoms with van der Waals surface area (Å²) in [6.45, 7) is 8.25. The molecular formula is C23H26ClNO. The summed E-state index contributed by atoms with van der Waals surface area (Å²) in [7, 11) is 0. The molecule has 1 aliphatic rings. The van der Waals surface area contributed by atoms with Gasteiger partial charge < -0.3 is 4.74 Å². The minimum atomic E-state index is 0.289. The van der Waals surface area contributed by atoms with Gasteiger partial charge in [-0.25, -0.2) is 0 Å². The summed E-state index contributed by atoms with van der Waals surface area (Å²) in [5.41, 5.74) is 4.78. The lowest BCUT2D eigenvalue weighted by Crippen LogP contribution is -2.13. The van der Waals surface area contributed by atoms with Crippen molar-refractivity contribution in [2.45, 2.75) is 33.6 Å². The van der Waals surface area contributed by atoms with Crippen LogP contribution in [0.3, 0.4) is 0 Å². The van der Waals surface area contributed by atoms with Gasteiger partial charge in [-0.3, -0.25) is 4.99 Å². The molecule has 136 valence electrons. The van der Waals surface area contributed by atoms with E-state index in [-0.39, 0.29) is 5.41 Å². The van der Waals surface area contributed by atoms with Crippen LogP contribution in [0.25, 0.3) is 6.08 Å². The lowest BCUT2D eigenvalue weighted by molar-refractivity contribution is 0.243. The fraction of sp³-hybridized carbons (Fsp3) is 0.348. The Hall–Kier alpha value is -2.06. The number of hydrogen-bond donors (Lipinski definition) is 0. The van der Waals surface area contributed by atoms with E-state index >= 15 is 0 Å². The minimum Gasteiger partial charge on any atom is -0.494 e. The highest BCUT2D eigenvalue weighted by atomic mass is 35.5. The van der Waals surface area contributed by atoms with Crippen molar-refractivity contribution in [3.05, 3.63) is 70.3 Å².